The van der Waals surface area contributed by atoms with E-state index in [4.69, 9.17) is 9.47 Å². The molecule has 244 valence electrons. The SMILES string of the molecule is CCCCN(CCCC)CCSCCC(=O)OCC(CC)(CC)COC(=O)CCSCCN(CCCC)CCCC. The number of hydrogen-bond acceptors (Lipinski definition) is 8. The van der Waals surface area contributed by atoms with Gasteiger partial charge in [-0.25, -0.2) is 0 Å². The van der Waals surface area contributed by atoms with Gasteiger partial charge in [0.05, 0.1) is 12.8 Å². The van der Waals surface area contributed by atoms with Crippen LogP contribution in [0.25, 0.3) is 0 Å². The van der Waals surface area contributed by atoms with Gasteiger partial charge in [0, 0.05) is 41.5 Å². The molecule has 0 heterocycles. The number of rotatable bonds is 30. The first kappa shape index (κ1) is 40.6. The van der Waals surface area contributed by atoms with Crippen LogP contribution in [-0.2, 0) is 19.1 Å². The molecular weight excluding hydrogens is 553 g/mol. The summed E-state index contributed by atoms with van der Waals surface area (Å²) in [4.78, 5) is 30.0. The predicted molar refractivity (Wildman–Crippen MR) is 181 cm³/mol. The number of unbranched alkanes of at least 4 members (excludes halogenated alkanes) is 4. The Bertz CT molecular complexity index is 556. The summed E-state index contributed by atoms with van der Waals surface area (Å²) in [5.41, 5.74) is -0.302. The zero-order chi connectivity index (χ0) is 30.6. The normalized spacial score (nSPS) is 11.9. The number of carbonyl (C=O) groups is 2. The van der Waals surface area contributed by atoms with E-state index >= 15 is 0 Å². The number of ether oxygens (including phenoxy) is 2. The molecule has 6 nitrogen and oxygen atoms in total. The summed E-state index contributed by atoms with van der Waals surface area (Å²) in [6.07, 6.45) is 12.4. The maximum Gasteiger partial charge on any atom is 0.306 e. The lowest BCUT2D eigenvalue weighted by atomic mass is 9.84. The molecule has 8 heteroatoms. The molecular formula is C33H66N2O4S2. The highest BCUT2D eigenvalue weighted by Crippen LogP contribution is 2.28. The molecule has 0 aromatic heterocycles. The van der Waals surface area contributed by atoms with Crippen LogP contribution < -0.4 is 0 Å². The van der Waals surface area contributed by atoms with Crippen molar-refractivity contribution in [3.63, 3.8) is 0 Å². The first-order valence-corrected chi connectivity index (χ1v) is 19.1. The van der Waals surface area contributed by atoms with Gasteiger partial charge in [-0.3, -0.25) is 9.59 Å². The monoisotopic (exact) mass is 618 g/mol. The Kier molecular flexibility index (Phi) is 28.0. The molecule has 0 aliphatic heterocycles. The van der Waals surface area contributed by atoms with Crippen molar-refractivity contribution in [2.45, 2.75) is 119 Å². The van der Waals surface area contributed by atoms with E-state index in [0.717, 1.165) is 48.9 Å². The highest BCUT2D eigenvalue weighted by molar-refractivity contribution is 7.99. The molecule has 0 saturated carbocycles. The van der Waals surface area contributed by atoms with Crippen molar-refractivity contribution in [1.29, 1.82) is 0 Å². The van der Waals surface area contributed by atoms with Crippen LogP contribution in [0.3, 0.4) is 0 Å². The molecule has 0 spiro atoms. The van der Waals surface area contributed by atoms with E-state index in [1.54, 1.807) is 0 Å². The van der Waals surface area contributed by atoms with Crippen LogP contribution in [0.15, 0.2) is 0 Å². The second-order valence-corrected chi connectivity index (χ2v) is 13.8. The first-order valence-electron chi connectivity index (χ1n) is 16.8. The van der Waals surface area contributed by atoms with Crippen LogP contribution in [0.1, 0.15) is 119 Å². The van der Waals surface area contributed by atoms with Gasteiger partial charge >= 0.3 is 11.9 Å². The van der Waals surface area contributed by atoms with Gasteiger partial charge in [-0.05, 0) is 64.7 Å². The molecule has 0 saturated heterocycles. The molecule has 0 aliphatic rings. The number of esters is 2. The zero-order valence-corrected chi connectivity index (χ0v) is 29.4. The molecule has 0 unspecified atom stereocenters. The third-order valence-electron chi connectivity index (χ3n) is 7.90. The maximum absolute atomic E-state index is 12.4. The molecule has 0 amide bonds. The van der Waals surface area contributed by atoms with Crippen LogP contribution >= 0.6 is 23.5 Å². The van der Waals surface area contributed by atoms with Crippen molar-refractivity contribution in [2.24, 2.45) is 5.41 Å². The van der Waals surface area contributed by atoms with Crippen LogP contribution in [0.2, 0.25) is 0 Å². The fraction of sp³-hybridized carbons (Fsp3) is 0.939. The third kappa shape index (κ3) is 22.7. The van der Waals surface area contributed by atoms with Gasteiger partial charge < -0.3 is 19.3 Å². The number of hydrogen-bond donors (Lipinski definition) is 0. The van der Waals surface area contributed by atoms with E-state index in [1.807, 2.05) is 23.5 Å². The molecule has 0 bridgehead atoms. The fourth-order valence-corrected chi connectivity index (χ4v) is 6.22. The smallest absolute Gasteiger partial charge is 0.306 e. The van der Waals surface area contributed by atoms with Crippen LogP contribution in [0.4, 0.5) is 0 Å². The largest absolute Gasteiger partial charge is 0.465 e. The summed E-state index contributed by atoms with van der Waals surface area (Å²) in [7, 11) is 0. The van der Waals surface area contributed by atoms with E-state index in [1.165, 1.54) is 77.5 Å². The molecule has 0 aromatic rings. The minimum Gasteiger partial charge on any atom is -0.465 e. The molecule has 0 N–H and O–H groups in total. The average molecular weight is 619 g/mol. The molecule has 0 radical (unpaired) electrons. The summed E-state index contributed by atoms with van der Waals surface area (Å²) in [6, 6.07) is 0. The van der Waals surface area contributed by atoms with Gasteiger partial charge in [0.15, 0.2) is 0 Å². The fourth-order valence-electron chi connectivity index (χ4n) is 4.41. The van der Waals surface area contributed by atoms with Crippen LogP contribution in [0.5, 0.6) is 0 Å². The Morgan fingerprint density at radius 1 is 0.537 bits per heavy atom. The Balaban J connectivity index is 4.24. The van der Waals surface area contributed by atoms with Gasteiger partial charge in [-0.1, -0.05) is 67.2 Å². The van der Waals surface area contributed by atoms with Crippen molar-refractivity contribution in [1.82, 2.24) is 9.80 Å². The molecule has 0 atom stereocenters. The van der Waals surface area contributed by atoms with Crippen molar-refractivity contribution in [3.05, 3.63) is 0 Å². The van der Waals surface area contributed by atoms with E-state index in [9.17, 15) is 9.59 Å². The summed E-state index contributed by atoms with van der Waals surface area (Å²) < 4.78 is 11.4. The lowest BCUT2D eigenvalue weighted by molar-refractivity contribution is -0.154. The highest BCUT2D eigenvalue weighted by atomic mass is 32.2. The number of carbonyl (C=O) groups excluding carboxylic acids is 2. The van der Waals surface area contributed by atoms with Gasteiger partial charge in [0.25, 0.3) is 0 Å². The highest BCUT2D eigenvalue weighted by Gasteiger charge is 2.30. The molecule has 0 fully saturated rings. The Hall–Kier alpha value is -0.440. The molecule has 41 heavy (non-hydrogen) atoms. The third-order valence-corrected chi connectivity index (χ3v) is 9.82. The van der Waals surface area contributed by atoms with Crippen LogP contribution in [0, 0.1) is 5.41 Å². The topological polar surface area (TPSA) is 59.1 Å². The van der Waals surface area contributed by atoms with Crippen molar-refractivity contribution >= 4 is 35.5 Å². The van der Waals surface area contributed by atoms with Crippen LogP contribution in [-0.4, -0.2) is 97.2 Å². The Morgan fingerprint density at radius 3 is 1.17 bits per heavy atom. The molecule has 0 rings (SSSR count). The van der Waals surface area contributed by atoms with Gasteiger partial charge in [-0.15, -0.1) is 0 Å². The Labute approximate surface area is 263 Å². The van der Waals surface area contributed by atoms with Crippen molar-refractivity contribution in [3.8, 4) is 0 Å². The first-order chi connectivity index (χ1) is 19.9. The van der Waals surface area contributed by atoms with E-state index in [2.05, 4.69) is 51.3 Å². The second-order valence-electron chi connectivity index (χ2n) is 11.4. The summed E-state index contributed by atoms with van der Waals surface area (Å²) >= 11 is 3.68. The zero-order valence-electron chi connectivity index (χ0n) is 27.8. The maximum atomic E-state index is 12.4. The molecule has 0 aliphatic carbocycles. The lowest BCUT2D eigenvalue weighted by Crippen LogP contribution is -2.33. The van der Waals surface area contributed by atoms with E-state index < -0.39 is 0 Å². The van der Waals surface area contributed by atoms with Gasteiger partial charge in [0.1, 0.15) is 13.2 Å². The van der Waals surface area contributed by atoms with Gasteiger partial charge in [-0.2, -0.15) is 23.5 Å². The number of thioether (sulfide) groups is 2. The van der Waals surface area contributed by atoms with Crippen molar-refractivity contribution in [2.75, 3.05) is 75.5 Å². The summed E-state index contributed by atoms with van der Waals surface area (Å²) in [5, 5.41) is 0. The quantitative estimate of drug-likeness (QED) is 0.0594. The number of nitrogens with zero attached hydrogens (tertiary/aromatic N) is 2. The van der Waals surface area contributed by atoms with Gasteiger partial charge in [0.2, 0.25) is 0 Å². The minimum atomic E-state index is -0.302. The van der Waals surface area contributed by atoms with E-state index in [-0.39, 0.29) is 17.4 Å². The minimum absolute atomic E-state index is 0.146. The second kappa shape index (κ2) is 28.3. The standard InChI is InChI=1S/C33H66N2O4S2/c1-7-13-19-34(20-14-8-2)23-27-40-25-17-31(36)38-29-33(11-5,12-6)30-39-32(37)18-26-41-28-24-35(21-15-9-3)22-16-10-4/h7-30H2,1-6H3. The van der Waals surface area contributed by atoms with E-state index in [0.29, 0.717) is 26.1 Å². The van der Waals surface area contributed by atoms with Crippen molar-refractivity contribution < 1.29 is 19.1 Å². The summed E-state index contributed by atoms with van der Waals surface area (Å²) in [5.74, 6) is 3.40. The predicted octanol–water partition coefficient (Wildman–Crippen LogP) is 7.93. The summed E-state index contributed by atoms with van der Waals surface area (Å²) in [6.45, 7) is 20.7. The lowest BCUT2D eigenvalue weighted by Gasteiger charge is -2.30. The Morgan fingerprint density at radius 2 is 0.878 bits per heavy atom. The molecule has 0 aromatic carbocycles. The average Bonchev–Trinajstić information content (AvgIpc) is 2.99.